The van der Waals surface area contributed by atoms with Crippen molar-refractivity contribution in [1.29, 1.82) is 0 Å². The van der Waals surface area contributed by atoms with E-state index >= 15 is 0 Å². The number of amides is 1. The van der Waals surface area contributed by atoms with Gasteiger partial charge in [0.1, 0.15) is 5.41 Å². The van der Waals surface area contributed by atoms with E-state index < -0.39 is 23.2 Å². The summed E-state index contributed by atoms with van der Waals surface area (Å²) in [6.07, 6.45) is 3.34. The van der Waals surface area contributed by atoms with E-state index in [-0.39, 0.29) is 0 Å². The third kappa shape index (κ3) is 2.74. The van der Waals surface area contributed by atoms with Crippen molar-refractivity contribution in [3.8, 4) is 0 Å². The number of hydrogen-bond donors (Lipinski definition) is 3. The van der Waals surface area contributed by atoms with E-state index in [1.54, 1.807) is 36.4 Å². The first-order valence-electron chi connectivity index (χ1n) is 9.14. The van der Waals surface area contributed by atoms with Gasteiger partial charge in [-0.25, -0.2) is 0 Å². The fourth-order valence-corrected chi connectivity index (χ4v) is 4.04. The highest BCUT2D eigenvalue weighted by Crippen LogP contribution is 2.43. The number of carboxylic acids is 1. The third-order valence-corrected chi connectivity index (χ3v) is 5.39. The van der Waals surface area contributed by atoms with Crippen LogP contribution >= 0.6 is 0 Å². The van der Waals surface area contributed by atoms with Gasteiger partial charge in [0.2, 0.25) is 5.91 Å². The van der Waals surface area contributed by atoms with Crippen molar-refractivity contribution in [2.75, 3.05) is 18.0 Å². The van der Waals surface area contributed by atoms with Crippen molar-refractivity contribution in [2.24, 2.45) is 11.7 Å². The number of nitrogens with two attached hydrogens (primary N) is 1. The number of nitrogens with one attached hydrogen (secondary N) is 1. The predicted molar refractivity (Wildman–Crippen MR) is 106 cm³/mol. The summed E-state index contributed by atoms with van der Waals surface area (Å²) in [4.78, 5) is 27.0. The molecule has 0 radical (unpaired) electrons. The lowest BCUT2D eigenvalue weighted by atomic mass is 9.66. The maximum atomic E-state index is 12.6. The van der Waals surface area contributed by atoms with Gasteiger partial charge in [-0.1, -0.05) is 48.5 Å². The highest BCUT2D eigenvalue weighted by Gasteiger charge is 2.51. The Bertz CT molecular complexity index is 969. The minimum atomic E-state index is -1.57. The number of rotatable bonds is 4. The van der Waals surface area contributed by atoms with E-state index in [0.717, 1.165) is 17.1 Å². The van der Waals surface area contributed by atoms with Gasteiger partial charge in [-0.2, -0.15) is 0 Å². The maximum Gasteiger partial charge on any atom is 0.319 e. The normalized spacial score (nSPS) is 23.7. The first kappa shape index (κ1) is 17.9. The number of hydrogen-bond acceptors (Lipinski definition) is 4. The molecule has 0 aromatic heterocycles. The standard InChI is InChI=1S/C22H21N3O3/c23-20(26)17-13-18-19(25(12-11-24-18)16-9-5-2-6-10-16)14-22(17,21(27)28)15-7-3-1-4-8-15/h1-10,13-14,17,24H,11-12H2,(H2,23,26)(H,27,28). The van der Waals surface area contributed by atoms with Gasteiger partial charge in [0.05, 0.1) is 17.3 Å². The lowest BCUT2D eigenvalue weighted by Crippen LogP contribution is -2.52. The summed E-state index contributed by atoms with van der Waals surface area (Å²) < 4.78 is 0. The molecule has 28 heavy (non-hydrogen) atoms. The zero-order valence-corrected chi connectivity index (χ0v) is 15.2. The van der Waals surface area contributed by atoms with Crippen LogP contribution in [0.15, 0.2) is 84.2 Å². The lowest BCUT2D eigenvalue weighted by molar-refractivity contribution is -0.146. The second-order valence-electron chi connectivity index (χ2n) is 6.94. The van der Waals surface area contributed by atoms with E-state index in [4.69, 9.17) is 5.73 Å². The molecule has 2 unspecified atom stereocenters. The van der Waals surface area contributed by atoms with Gasteiger partial charge in [-0.05, 0) is 29.8 Å². The van der Waals surface area contributed by atoms with Crippen LogP contribution in [0.4, 0.5) is 5.69 Å². The quantitative estimate of drug-likeness (QED) is 0.760. The number of benzene rings is 2. The van der Waals surface area contributed by atoms with Crippen LogP contribution in [0.3, 0.4) is 0 Å². The van der Waals surface area contributed by atoms with Crippen molar-refractivity contribution >= 4 is 17.6 Å². The highest BCUT2D eigenvalue weighted by molar-refractivity contribution is 5.95. The van der Waals surface area contributed by atoms with E-state index in [9.17, 15) is 14.7 Å². The fourth-order valence-electron chi connectivity index (χ4n) is 4.04. The molecule has 1 fully saturated rings. The summed E-state index contributed by atoms with van der Waals surface area (Å²) in [7, 11) is 0. The third-order valence-electron chi connectivity index (χ3n) is 5.39. The molecule has 2 aromatic rings. The molecule has 4 N–H and O–H groups in total. The topological polar surface area (TPSA) is 95.7 Å². The number of anilines is 1. The van der Waals surface area contributed by atoms with Crippen LogP contribution in [-0.4, -0.2) is 30.1 Å². The molecule has 2 atom stereocenters. The smallest absolute Gasteiger partial charge is 0.319 e. The molecular formula is C22H21N3O3. The van der Waals surface area contributed by atoms with Crippen molar-refractivity contribution < 1.29 is 14.7 Å². The van der Waals surface area contributed by atoms with Crippen molar-refractivity contribution in [3.05, 3.63) is 89.8 Å². The molecule has 1 saturated heterocycles. The minimum absolute atomic E-state index is 0.521. The van der Waals surface area contributed by atoms with Crippen LogP contribution in [0.1, 0.15) is 5.56 Å². The Hall–Kier alpha value is -3.54. The van der Waals surface area contributed by atoms with Gasteiger partial charge in [0.25, 0.3) is 0 Å². The number of piperazine rings is 1. The highest BCUT2D eigenvalue weighted by atomic mass is 16.4. The summed E-state index contributed by atoms with van der Waals surface area (Å²) >= 11 is 0. The Morgan fingerprint density at radius 1 is 1.07 bits per heavy atom. The van der Waals surface area contributed by atoms with Gasteiger partial charge >= 0.3 is 5.97 Å². The molecule has 2 aromatic carbocycles. The van der Waals surface area contributed by atoms with Crippen LogP contribution in [0.25, 0.3) is 0 Å². The lowest BCUT2D eigenvalue weighted by Gasteiger charge is -2.42. The Labute approximate surface area is 163 Å². The van der Waals surface area contributed by atoms with E-state index in [0.29, 0.717) is 18.7 Å². The van der Waals surface area contributed by atoms with Crippen LogP contribution < -0.4 is 16.0 Å². The summed E-state index contributed by atoms with van der Waals surface area (Å²) in [6, 6.07) is 18.6. The molecule has 0 spiro atoms. The number of primary amides is 1. The van der Waals surface area contributed by atoms with Crippen LogP contribution in [-0.2, 0) is 15.0 Å². The predicted octanol–water partition coefficient (Wildman–Crippen LogP) is 2.00. The molecular weight excluding hydrogens is 354 g/mol. The molecule has 6 nitrogen and oxygen atoms in total. The molecule has 2 aliphatic rings. The number of fused-ring (bicyclic) bond motifs is 1. The molecule has 1 heterocycles. The van der Waals surface area contributed by atoms with E-state index in [1.807, 2.05) is 36.4 Å². The van der Waals surface area contributed by atoms with Gasteiger partial charge < -0.3 is 21.1 Å². The molecule has 4 rings (SSSR count). The van der Waals surface area contributed by atoms with Gasteiger partial charge in [-0.15, -0.1) is 0 Å². The Kier molecular flexibility index (Phi) is 4.39. The summed E-state index contributed by atoms with van der Waals surface area (Å²) in [5, 5.41) is 13.6. The van der Waals surface area contributed by atoms with Crippen LogP contribution in [0.2, 0.25) is 0 Å². The van der Waals surface area contributed by atoms with Gasteiger partial charge in [0, 0.05) is 18.8 Å². The average molecular weight is 375 g/mol. The second-order valence-corrected chi connectivity index (χ2v) is 6.94. The van der Waals surface area contributed by atoms with Crippen molar-refractivity contribution in [3.63, 3.8) is 0 Å². The second kappa shape index (κ2) is 6.88. The average Bonchev–Trinajstić information content (AvgIpc) is 2.73. The SMILES string of the molecule is NC(=O)C1C=C2NCCN(c3ccccc3)C2=CC1(C(=O)O)c1ccccc1. The Morgan fingerprint density at radius 3 is 2.32 bits per heavy atom. The summed E-state index contributed by atoms with van der Waals surface area (Å²) in [6.45, 7) is 1.36. The zero-order valence-electron chi connectivity index (χ0n) is 15.2. The number of carbonyl (C=O) groups excluding carboxylic acids is 1. The molecule has 1 aliphatic carbocycles. The van der Waals surface area contributed by atoms with Crippen LogP contribution in [0.5, 0.6) is 0 Å². The zero-order chi connectivity index (χ0) is 19.7. The largest absolute Gasteiger partial charge is 0.480 e. The molecule has 0 saturated carbocycles. The number of carbonyl (C=O) groups is 2. The molecule has 1 aliphatic heterocycles. The molecule has 0 bridgehead atoms. The number of carboxylic acid groups (broad SMARTS) is 1. The van der Waals surface area contributed by atoms with E-state index in [2.05, 4.69) is 10.2 Å². The van der Waals surface area contributed by atoms with E-state index in [1.165, 1.54) is 0 Å². The van der Waals surface area contributed by atoms with Crippen molar-refractivity contribution in [2.45, 2.75) is 5.41 Å². The summed E-state index contributed by atoms with van der Waals surface area (Å²) in [5.74, 6) is -2.79. The summed E-state index contributed by atoms with van der Waals surface area (Å²) in [5.41, 5.74) is 7.05. The monoisotopic (exact) mass is 375 g/mol. The number of aliphatic carboxylic acids is 1. The Balaban J connectivity index is 1.94. The van der Waals surface area contributed by atoms with Gasteiger partial charge in [0.15, 0.2) is 0 Å². The minimum Gasteiger partial charge on any atom is -0.480 e. The Morgan fingerprint density at radius 2 is 1.71 bits per heavy atom. The van der Waals surface area contributed by atoms with Crippen LogP contribution in [0, 0.1) is 5.92 Å². The first-order chi connectivity index (χ1) is 13.5. The van der Waals surface area contributed by atoms with Crippen molar-refractivity contribution in [1.82, 2.24) is 5.32 Å². The fraction of sp³-hybridized carbons (Fsp3) is 0.182. The molecule has 142 valence electrons. The van der Waals surface area contributed by atoms with Gasteiger partial charge in [-0.3, -0.25) is 9.59 Å². The molecule has 6 heteroatoms. The number of para-hydroxylation sites is 1. The maximum absolute atomic E-state index is 12.6. The molecule has 1 amide bonds. The first-order valence-corrected chi connectivity index (χ1v) is 9.14. The number of nitrogens with zero attached hydrogens (tertiary/aromatic N) is 1.